The van der Waals surface area contributed by atoms with Gasteiger partial charge >= 0.3 is 6.09 Å². The summed E-state index contributed by atoms with van der Waals surface area (Å²) in [6.07, 6.45) is 3.05. The molecule has 0 bridgehead atoms. The molecule has 124 valence electrons. The van der Waals surface area contributed by atoms with Gasteiger partial charge in [-0.05, 0) is 45.7 Å². The van der Waals surface area contributed by atoms with Crippen molar-refractivity contribution in [3.8, 4) is 6.01 Å². The lowest BCUT2D eigenvalue weighted by Crippen LogP contribution is -2.46. The molecule has 7 nitrogen and oxygen atoms in total. The highest BCUT2D eigenvalue weighted by Crippen LogP contribution is 2.20. The maximum Gasteiger partial charge on any atom is 0.410 e. The molecule has 3 heterocycles. The van der Waals surface area contributed by atoms with E-state index in [4.69, 9.17) is 9.47 Å². The number of amides is 1. The number of pyridine rings is 1. The van der Waals surface area contributed by atoms with E-state index in [1.165, 1.54) is 0 Å². The second-order valence-electron chi connectivity index (χ2n) is 6.72. The monoisotopic (exact) mass is 318 g/mol. The minimum Gasteiger partial charge on any atom is -0.460 e. The number of carbonyl (C=O) groups excluding carboxylic acids is 1. The zero-order valence-electron chi connectivity index (χ0n) is 13.7. The Bertz CT molecular complexity index is 659. The standard InChI is InChI=1S/C16H22N4O3/c1-16(2,3)23-15(21)20-9-5-6-11(10-20)22-14-18-12-7-4-8-17-13(12)19-14/h4,7-8,11H,5-6,9-10H2,1-3H3,(H,17,18,19)/t11-/m1/s1. The van der Waals surface area contributed by atoms with Crippen molar-refractivity contribution < 1.29 is 14.3 Å². The molecule has 1 saturated heterocycles. The lowest BCUT2D eigenvalue weighted by atomic mass is 10.1. The SMILES string of the molecule is CC(C)(C)OC(=O)N1CCC[C@@H](Oc2nc3ncccc3[nH]2)C1. The molecule has 7 heteroatoms. The smallest absolute Gasteiger partial charge is 0.410 e. The summed E-state index contributed by atoms with van der Waals surface area (Å²) in [6.45, 7) is 6.79. The minimum atomic E-state index is -0.491. The van der Waals surface area contributed by atoms with E-state index >= 15 is 0 Å². The van der Waals surface area contributed by atoms with Gasteiger partial charge in [-0.25, -0.2) is 9.78 Å². The number of imidazole rings is 1. The number of H-pyrrole nitrogens is 1. The Morgan fingerprint density at radius 2 is 2.26 bits per heavy atom. The van der Waals surface area contributed by atoms with Crippen molar-refractivity contribution in [3.63, 3.8) is 0 Å². The Morgan fingerprint density at radius 1 is 1.43 bits per heavy atom. The van der Waals surface area contributed by atoms with E-state index in [2.05, 4.69) is 15.0 Å². The summed E-state index contributed by atoms with van der Waals surface area (Å²) in [6, 6.07) is 4.18. The summed E-state index contributed by atoms with van der Waals surface area (Å²) in [7, 11) is 0. The van der Waals surface area contributed by atoms with Crippen molar-refractivity contribution in [1.29, 1.82) is 0 Å². The van der Waals surface area contributed by atoms with Crippen LogP contribution < -0.4 is 4.74 Å². The molecule has 23 heavy (non-hydrogen) atoms. The molecule has 1 fully saturated rings. The zero-order chi connectivity index (χ0) is 16.4. The summed E-state index contributed by atoms with van der Waals surface area (Å²) in [5.74, 6) is 0. The molecule has 0 saturated carbocycles. The summed E-state index contributed by atoms with van der Waals surface area (Å²) in [4.78, 5) is 25.4. The quantitative estimate of drug-likeness (QED) is 0.921. The lowest BCUT2D eigenvalue weighted by Gasteiger charge is -2.33. The van der Waals surface area contributed by atoms with Crippen LogP contribution in [0.3, 0.4) is 0 Å². The third-order valence-electron chi connectivity index (χ3n) is 3.54. The predicted molar refractivity (Wildman–Crippen MR) is 85.3 cm³/mol. The van der Waals surface area contributed by atoms with Gasteiger partial charge in [-0.3, -0.25) is 0 Å². The minimum absolute atomic E-state index is 0.100. The third-order valence-corrected chi connectivity index (χ3v) is 3.54. The number of aromatic amines is 1. The van der Waals surface area contributed by atoms with Gasteiger partial charge in [0, 0.05) is 12.7 Å². The summed E-state index contributed by atoms with van der Waals surface area (Å²) in [5.41, 5.74) is 0.972. The van der Waals surface area contributed by atoms with Crippen molar-refractivity contribution in [2.45, 2.75) is 45.3 Å². The van der Waals surface area contributed by atoms with E-state index in [1.54, 1.807) is 11.1 Å². The number of hydrogen-bond acceptors (Lipinski definition) is 5. The molecule has 1 aliphatic heterocycles. The van der Waals surface area contributed by atoms with Gasteiger partial charge in [0.25, 0.3) is 6.01 Å². The molecular formula is C16H22N4O3. The first-order valence-corrected chi connectivity index (χ1v) is 7.86. The van der Waals surface area contributed by atoms with Crippen molar-refractivity contribution in [2.75, 3.05) is 13.1 Å². The van der Waals surface area contributed by atoms with Crippen LogP contribution in [0.15, 0.2) is 18.3 Å². The molecule has 2 aromatic heterocycles. The molecule has 1 amide bonds. The van der Waals surface area contributed by atoms with Crippen molar-refractivity contribution in [3.05, 3.63) is 18.3 Å². The average Bonchev–Trinajstić information content (AvgIpc) is 2.88. The van der Waals surface area contributed by atoms with Gasteiger partial charge in [-0.15, -0.1) is 0 Å². The van der Waals surface area contributed by atoms with Gasteiger partial charge in [0.2, 0.25) is 0 Å². The van der Waals surface area contributed by atoms with Crippen LogP contribution in [0.25, 0.3) is 11.2 Å². The molecular weight excluding hydrogens is 296 g/mol. The molecule has 0 radical (unpaired) electrons. The van der Waals surface area contributed by atoms with Gasteiger partial charge in [0.15, 0.2) is 5.65 Å². The summed E-state index contributed by atoms with van der Waals surface area (Å²) < 4.78 is 11.3. The first-order chi connectivity index (χ1) is 10.9. The van der Waals surface area contributed by atoms with E-state index in [1.807, 2.05) is 32.9 Å². The molecule has 0 unspecified atom stereocenters. The number of nitrogens with zero attached hydrogens (tertiary/aromatic N) is 3. The van der Waals surface area contributed by atoms with Crippen LogP contribution in [-0.4, -0.2) is 50.7 Å². The van der Waals surface area contributed by atoms with Crippen LogP contribution in [0.4, 0.5) is 4.79 Å². The normalized spacial score (nSPS) is 18.9. The Morgan fingerprint density at radius 3 is 3.00 bits per heavy atom. The molecule has 1 atom stereocenters. The number of carbonyl (C=O) groups is 1. The van der Waals surface area contributed by atoms with Crippen LogP contribution in [0.5, 0.6) is 6.01 Å². The fourth-order valence-electron chi connectivity index (χ4n) is 2.56. The second-order valence-corrected chi connectivity index (χ2v) is 6.72. The second kappa shape index (κ2) is 6.06. The van der Waals surface area contributed by atoms with Crippen molar-refractivity contribution in [2.24, 2.45) is 0 Å². The van der Waals surface area contributed by atoms with E-state index in [9.17, 15) is 4.79 Å². The Kier molecular flexibility index (Phi) is 4.11. The number of rotatable bonds is 2. The first kappa shape index (κ1) is 15.6. The Balaban J connectivity index is 1.63. The largest absolute Gasteiger partial charge is 0.460 e. The molecule has 1 aliphatic rings. The molecule has 0 aliphatic carbocycles. The van der Waals surface area contributed by atoms with Crippen LogP contribution >= 0.6 is 0 Å². The van der Waals surface area contributed by atoms with Crippen LogP contribution in [0, 0.1) is 0 Å². The van der Waals surface area contributed by atoms with Gasteiger partial charge in [0.05, 0.1) is 12.1 Å². The fourth-order valence-corrected chi connectivity index (χ4v) is 2.56. The molecule has 0 aromatic carbocycles. The van der Waals surface area contributed by atoms with E-state index in [0.717, 1.165) is 18.4 Å². The zero-order valence-corrected chi connectivity index (χ0v) is 13.7. The highest BCUT2D eigenvalue weighted by atomic mass is 16.6. The van der Waals surface area contributed by atoms with Gasteiger partial charge in [-0.1, -0.05) is 0 Å². The maximum atomic E-state index is 12.2. The number of aromatic nitrogens is 3. The highest BCUT2D eigenvalue weighted by molar-refractivity contribution is 5.70. The maximum absolute atomic E-state index is 12.2. The lowest BCUT2D eigenvalue weighted by molar-refractivity contribution is 0.00675. The van der Waals surface area contributed by atoms with Gasteiger partial charge < -0.3 is 19.4 Å². The van der Waals surface area contributed by atoms with Crippen molar-refractivity contribution in [1.82, 2.24) is 19.9 Å². The van der Waals surface area contributed by atoms with E-state index < -0.39 is 5.60 Å². The Labute approximate surface area is 135 Å². The molecule has 2 aromatic rings. The van der Waals surface area contributed by atoms with Crippen LogP contribution in [0.1, 0.15) is 33.6 Å². The molecule has 0 spiro atoms. The number of piperidine rings is 1. The van der Waals surface area contributed by atoms with E-state index in [0.29, 0.717) is 24.7 Å². The first-order valence-electron chi connectivity index (χ1n) is 7.86. The summed E-state index contributed by atoms with van der Waals surface area (Å²) in [5, 5.41) is 0. The van der Waals surface area contributed by atoms with E-state index in [-0.39, 0.29) is 12.2 Å². The third kappa shape index (κ3) is 3.91. The molecule has 3 rings (SSSR count). The predicted octanol–water partition coefficient (Wildman–Crippen LogP) is 2.74. The van der Waals surface area contributed by atoms with Crippen LogP contribution in [0.2, 0.25) is 0 Å². The fraction of sp³-hybridized carbons (Fsp3) is 0.562. The highest BCUT2D eigenvalue weighted by Gasteiger charge is 2.29. The number of hydrogen-bond donors (Lipinski definition) is 1. The number of likely N-dealkylation sites (tertiary alicyclic amines) is 1. The van der Waals surface area contributed by atoms with Crippen molar-refractivity contribution >= 4 is 17.3 Å². The topological polar surface area (TPSA) is 80.3 Å². The molecule has 1 N–H and O–H groups in total. The Hall–Kier alpha value is -2.31. The summed E-state index contributed by atoms with van der Waals surface area (Å²) >= 11 is 0. The number of nitrogens with one attached hydrogen (secondary N) is 1. The average molecular weight is 318 g/mol. The number of ether oxygens (including phenoxy) is 2. The number of fused-ring (bicyclic) bond motifs is 1. The van der Waals surface area contributed by atoms with Crippen LogP contribution in [-0.2, 0) is 4.74 Å². The van der Waals surface area contributed by atoms with Gasteiger partial charge in [-0.2, -0.15) is 4.98 Å². The van der Waals surface area contributed by atoms with Gasteiger partial charge in [0.1, 0.15) is 11.7 Å².